The molecule has 0 aliphatic heterocycles. The number of halogens is 4. The Bertz CT molecular complexity index is 611. The van der Waals surface area contributed by atoms with Crippen LogP contribution in [0.15, 0.2) is 36.4 Å². The summed E-state index contributed by atoms with van der Waals surface area (Å²) < 4.78 is 40.7. The van der Waals surface area contributed by atoms with Crippen LogP contribution in [0.4, 0.5) is 13.2 Å². The van der Waals surface area contributed by atoms with Crippen molar-refractivity contribution in [3.05, 3.63) is 70.0 Å². The molecule has 0 amide bonds. The molecule has 0 saturated carbocycles. The predicted molar refractivity (Wildman–Crippen MR) is 78.0 cm³/mol. The second-order valence-corrected chi connectivity index (χ2v) is 5.25. The van der Waals surface area contributed by atoms with Gasteiger partial charge in [-0.1, -0.05) is 23.7 Å². The summed E-state index contributed by atoms with van der Waals surface area (Å²) in [6.07, 6.45) is 0.623. The van der Waals surface area contributed by atoms with Crippen molar-refractivity contribution < 1.29 is 13.2 Å². The summed E-state index contributed by atoms with van der Waals surface area (Å²) in [5.74, 6) is -1.64. The fourth-order valence-electron chi connectivity index (χ4n) is 2.20. The van der Waals surface area contributed by atoms with E-state index in [4.69, 9.17) is 11.6 Å². The number of rotatable bonds is 5. The lowest BCUT2D eigenvalue weighted by Crippen LogP contribution is -2.30. The maximum absolute atomic E-state index is 13.7. The number of hydrogen-bond donors (Lipinski definition) is 1. The van der Waals surface area contributed by atoms with Crippen LogP contribution in [0.25, 0.3) is 0 Å². The maximum atomic E-state index is 13.7. The summed E-state index contributed by atoms with van der Waals surface area (Å²) >= 11 is 5.63. The molecule has 5 heteroatoms. The Hall–Kier alpha value is -1.52. The first-order chi connectivity index (χ1) is 10.0. The van der Waals surface area contributed by atoms with E-state index in [0.717, 1.165) is 0 Å². The zero-order valence-corrected chi connectivity index (χ0v) is 12.2. The van der Waals surface area contributed by atoms with Gasteiger partial charge in [-0.2, -0.15) is 0 Å². The molecule has 0 aliphatic carbocycles. The van der Waals surface area contributed by atoms with Gasteiger partial charge in [0.1, 0.15) is 17.5 Å². The van der Waals surface area contributed by atoms with Crippen LogP contribution in [0, 0.1) is 17.5 Å². The first-order valence-electron chi connectivity index (χ1n) is 6.55. The second kappa shape index (κ2) is 6.96. The Morgan fingerprint density at radius 2 is 1.67 bits per heavy atom. The topological polar surface area (TPSA) is 12.0 Å². The lowest BCUT2D eigenvalue weighted by Gasteiger charge is -2.17. The monoisotopic (exact) mass is 313 g/mol. The van der Waals surface area contributed by atoms with Crippen LogP contribution < -0.4 is 5.32 Å². The Morgan fingerprint density at radius 1 is 1.00 bits per heavy atom. The van der Waals surface area contributed by atoms with Gasteiger partial charge in [-0.25, -0.2) is 13.2 Å². The van der Waals surface area contributed by atoms with E-state index in [-0.39, 0.29) is 23.0 Å². The Labute approximate surface area is 126 Å². The van der Waals surface area contributed by atoms with E-state index in [2.05, 4.69) is 5.32 Å². The van der Waals surface area contributed by atoms with E-state index in [1.54, 1.807) is 13.1 Å². The van der Waals surface area contributed by atoms with Crippen LogP contribution in [0.5, 0.6) is 0 Å². The minimum atomic E-state index is -0.572. The second-order valence-electron chi connectivity index (χ2n) is 4.84. The summed E-state index contributed by atoms with van der Waals surface area (Å²) in [5, 5.41) is 3.05. The summed E-state index contributed by atoms with van der Waals surface area (Å²) in [6, 6.07) is 8.09. The predicted octanol–water partition coefficient (Wildman–Crippen LogP) is 4.13. The van der Waals surface area contributed by atoms with Crippen LogP contribution in [0.3, 0.4) is 0 Å². The lowest BCUT2D eigenvalue weighted by molar-refractivity contribution is 0.501. The molecular weight excluding hydrogens is 299 g/mol. The van der Waals surface area contributed by atoms with Gasteiger partial charge in [-0.05, 0) is 49.7 Å². The highest BCUT2D eigenvalue weighted by Crippen LogP contribution is 2.19. The van der Waals surface area contributed by atoms with E-state index >= 15 is 0 Å². The molecule has 0 fully saturated rings. The molecule has 1 atom stereocenters. The zero-order valence-electron chi connectivity index (χ0n) is 11.5. The van der Waals surface area contributed by atoms with Crippen molar-refractivity contribution in [1.82, 2.24) is 5.32 Å². The molecule has 1 unspecified atom stereocenters. The highest BCUT2D eigenvalue weighted by Gasteiger charge is 2.15. The first-order valence-corrected chi connectivity index (χ1v) is 6.93. The third-order valence-corrected chi connectivity index (χ3v) is 3.69. The van der Waals surface area contributed by atoms with E-state index in [0.29, 0.717) is 12.0 Å². The molecular formula is C16H15ClF3N. The summed E-state index contributed by atoms with van der Waals surface area (Å²) in [6.45, 7) is 0. The van der Waals surface area contributed by atoms with Crippen molar-refractivity contribution in [2.75, 3.05) is 7.05 Å². The van der Waals surface area contributed by atoms with Crippen molar-refractivity contribution in [1.29, 1.82) is 0 Å². The van der Waals surface area contributed by atoms with Gasteiger partial charge in [-0.15, -0.1) is 0 Å². The van der Waals surface area contributed by atoms with Crippen molar-refractivity contribution in [3.63, 3.8) is 0 Å². The van der Waals surface area contributed by atoms with E-state index in [1.807, 2.05) is 0 Å². The molecule has 0 saturated heterocycles. The molecule has 112 valence electrons. The van der Waals surface area contributed by atoms with Crippen LogP contribution in [0.1, 0.15) is 11.1 Å². The van der Waals surface area contributed by atoms with E-state index in [1.165, 1.54) is 30.3 Å². The number of benzene rings is 2. The van der Waals surface area contributed by atoms with Gasteiger partial charge in [0.25, 0.3) is 0 Å². The molecule has 2 aromatic carbocycles. The summed E-state index contributed by atoms with van der Waals surface area (Å²) in [4.78, 5) is 0. The van der Waals surface area contributed by atoms with Gasteiger partial charge in [0.05, 0.1) is 5.02 Å². The molecule has 1 N–H and O–H groups in total. The normalized spacial score (nSPS) is 12.4. The van der Waals surface area contributed by atoms with E-state index in [9.17, 15) is 13.2 Å². The zero-order chi connectivity index (χ0) is 15.4. The maximum Gasteiger partial charge on any atom is 0.142 e. The van der Waals surface area contributed by atoms with Gasteiger partial charge in [0, 0.05) is 11.6 Å². The third kappa shape index (κ3) is 3.99. The van der Waals surface area contributed by atoms with Crippen LogP contribution >= 0.6 is 11.6 Å². The summed E-state index contributed by atoms with van der Waals surface area (Å²) in [5.41, 5.74) is 0.749. The Kier molecular flexibility index (Phi) is 5.26. The molecule has 21 heavy (non-hydrogen) atoms. The van der Waals surface area contributed by atoms with E-state index < -0.39 is 17.5 Å². The van der Waals surface area contributed by atoms with Crippen molar-refractivity contribution in [3.8, 4) is 0 Å². The highest BCUT2D eigenvalue weighted by molar-refractivity contribution is 6.30. The van der Waals surface area contributed by atoms with Crippen molar-refractivity contribution in [2.24, 2.45) is 0 Å². The first kappa shape index (κ1) is 15.9. The minimum absolute atomic E-state index is 0.0336. The van der Waals surface area contributed by atoms with Gasteiger partial charge in [0.2, 0.25) is 0 Å². The molecule has 0 aromatic heterocycles. The van der Waals surface area contributed by atoms with Crippen molar-refractivity contribution >= 4 is 11.6 Å². The van der Waals surface area contributed by atoms with Gasteiger partial charge < -0.3 is 5.32 Å². The summed E-state index contributed by atoms with van der Waals surface area (Å²) in [7, 11) is 1.70. The minimum Gasteiger partial charge on any atom is -0.316 e. The molecule has 0 heterocycles. The average molecular weight is 314 g/mol. The number of hydrogen-bond acceptors (Lipinski definition) is 1. The third-order valence-electron chi connectivity index (χ3n) is 3.39. The smallest absolute Gasteiger partial charge is 0.142 e. The largest absolute Gasteiger partial charge is 0.316 e. The SMILES string of the molecule is CNC(Cc1ccc(Cl)c(F)c1)Cc1c(F)cccc1F. The number of likely N-dealkylation sites (N-methyl/N-ethyl adjacent to an activating group) is 1. The molecule has 0 spiro atoms. The lowest BCUT2D eigenvalue weighted by atomic mass is 9.98. The average Bonchev–Trinajstić information content (AvgIpc) is 2.45. The van der Waals surface area contributed by atoms with Gasteiger partial charge in [0.15, 0.2) is 0 Å². The molecule has 0 bridgehead atoms. The van der Waals surface area contributed by atoms with Gasteiger partial charge in [-0.3, -0.25) is 0 Å². The fraction of sp³-hybridized carbons (Fsp3) is 0.250. The van der Waals surface area contributed by atoms with Crippen LogP contribution in [-0.4, -0.2) is 13.1 Å². The Balaban J connectivity index is 2.15. The van der Waals surface area contributed by atoms with Crippen LogP contribution in [-0.2, 0) is 12.8 Å². The number of nitrogens with one attached hydrogen (secondary N) is 1. The Morgan fingerprint density at radius 3 is 2.24 bits per heavy atom. The fourth-order valence-corrected chi connectivity index (χ4v) is 2.32. The quantitative estimate of drug-likeness (QED) is 0.875. The molecule has 0 aliphatic rings. The molecule has 0 radical (unpaired) electrons. The highest BCUT2D eigenvalue weighted by atomic mass is 35.5. The van der Waals surface area contributed by atoms with Crippen LogP contribution in [0.2, 0.25) is 5.02 Å². The van der Waals surface area contributed by atoms with Crippen molar-refractivity contribution in [2.45, 2.75) is 18.9 Å². The molecule has 2 aromatic rings. The van der Waals surface area contributed by atoms with Gasteiger partial charge >= 0.3 is 0 Å². The standard InChI is InChI=1S/C16H15ClF3N/c1-21-11(7-10-5-6-13(17)16(20)8-10)9-12-14(18)3-2-4-15(12)19/h2-6,8,11,21H,7,9H2,1H3. The molecule has 1 nitrogen and oxygen atoms in total. The molecule has 2 rings (SSSR count).